The van der Waals surface area contributed by atoms with Gasteiger partial charge < -0.3 is 19.8 Å². The van der Waals surface area contributed by atoms with Gasteiger partial charge >= 0.3 is 0 Å². The number of aliphatic imine (C=N–C) groups is 1. The van der Waals surface area contributed by atoms with Gasteiger partial charge in [-0.2, -0.15) is 0 Å². The van der Waals surface area contributed by atoms with E-state index in [0.717, 1.165) is 0 Å². The molecule has 1 aliphatic carbocycles. The molecule has 0 unspecified atom stereocenters. The smallest absolute Gasteiger partial charge is 0.287 e. The maximum Gasteiger partial charge on any atom is 0.287 e. The van der Waals surface area contributed by atoms with Crippen LogP contribution in [0.5, 0.6) is 0 Å². The number of nitrogens with zero attached hydrogens (tertiary/aromatic N) is 2. The summed E-state index contributed by atoms with van der Waals surface area (Å²) in [7, 11) is 3.53. The lowest BCUT2D eigenvalue weighted by Crippen LogP contribution is -2.50. The minimum atomic E-state index is -1.46. The molecule has 2 aliphatic rings. The minimum Gasteiger partial charge on any atom is -0.459 e. The predicted molar refractivity (Wildman–Crippen MR) is 55.9 cm³/mol. The zero-order valence-electron chi connectivity index (χ0n) is 9.38. The highest BCUT2D eigenvalue weighted by Crippen LogP contribution is 2.34. The Kier molecular flexibility index (Phi) is 3.03. The second kappa shape index (κ2) is 4.18. The number of halogens is 1. The number of amidine groups is 1. The van der Waals surface area contributed by atoms with Gasteiger partial charge in [0, 0.05) is 26.6 Å². The molecule has 1 fully saturated rings. The number of fused-ring (bicyclic) bond motifs is 1. The standard InChI is InChI=1S/C10H17FN2O3/c1-13(2)10-12-8-6(16-10)3-5(4-14)9(15)7(8)11/h5-9,14-15H,3-4H2,1-2H3/t5-,6+,7+,8+,9-/m1/s1. The van der Waals surface area contributed by atoms with E-state index in [1.54, 1.807) is 19.0 Å². The third kappa shape index (κ3) is 1.76. The van der Waals surface area contributed by atoms with E-state index in [4.69, 9.17) is 9.84 Å². The summed E-state index contributed by atoms with van der Waals surface area (Å²) < 4.78 is 19.3. The maximum absolute atomic E-state index is 13.8. The molecule has 92 valence electrons. The topological polar surface area (TPSA) is 65.3 Å². The number of hydrogen-bond donors (Lipinski definition) is 2. The average Bonchev–Trinajstić information content (AvgIpc) is 2.67. The maximum atomic E-state index is 13.8. The largest absolute Gasteiger partial charge is 0.459 e. The number of aliphatic hydroxyl groups is 2. The quantitative estimate of drug-likeness (QED) is 0.632. The first-order valence-corrected chi connectivity index (χ1v) is 5.39. The lowest BCUT2D eigenvalue weighted by atomic mass is 9.81. The van der Waals surface area contributed by atoms with Crippen molar-refractivity contribution in [2.24, 2.45) is 10.9 Å². The first-order valence-electron chi connectivity index (χ1n) is 5.39. The van der Waals surface area contributed by atoms with Gasteiger partial charge in [-0.15, -0.1) is 0 Å². The molecule has 1 saturated carbocycles. The van der Waals surface area contributed by atoms with Gasteiger partial charge in [-0.1, -0.05) is 0 Å². The number of hydrogen-bond acceptors (Lipinski definition) is 5. The Morgan fingerprint density at radius 1 is 1.56 bits per heavy atom. The first-order chi connectivity index (χ1) is 7.54. The van der Waals surface area contributed by atoms with E-state index >= 15 is 0 Å². The van der Waals surface area contributed by atoms with E-state index in [0.29, 0.717) is 12.4 Å². The molecule has 0 bridgehead atoms. The molecule has 0 aromatic carbocycles. The van der Waals surface area contributed by atoms with Crippen molar-refractivity contribution >= 4 is 6.02 Å². The van der Waals surface area contributed by atoms with Crippen molar-refractivity contribution in [3.8, 4) is 0 Å². The van der Waals surface area contributed by atoms with Gasteiger partial charge in [0.2, 0.25) is 0 Å². The molecule has 5 nitrogen and oxygen atoms in total. The van der Waals surface area contributed by atoms with Gasteiger partial charge in [-0.3, -0.25) is 0 Å². The first kappa shape index (κ1) is 11.6. The normalized spacial score (nSPS) is 42.3. The van der Waals surface area contributed by atoms with Gasteiger partial charge in [0.15, 0.2) is 6.17 Å². The highest BCUT2D eigenvalue weighted by atomic mass is 19.1. The van der Waals surface area contributed by atoms with Gasteiger partial charge in [-0.25, -0.2) is 9.38 Å². The Balaban J connectivity index is 2.14. The van der Waals surface area contributed by atoms with Crippen molar-refractivity contribution in [2.75, 3.05) is 20.7 Å². The van der Waals surface area contributed by atoms with E-state index in [2.05, 4.69) is 4.99 Å². The molecule has 1 aliphatic heterocycles. The van der Waals surface area contributed by atoms with Gasteiger partial charge in [0.25, 0.3) is 6.02 Å². The Morgan fingerprint density at radius 3 is 2.81 bits per heavy atom. The summed E-state index contributed by atoms with van der Waals surface area (Å²) in [6, 6.07) is -0.251. The molecule has 0 aromatic rings. The molecular weight excluding hydrogens is 215 g/mol. The van der Waals surface area contributed by atoms with Crippen LogP contribution in [-0.4, -0.2) is 66.3 Å². The van der Waals surface area contributed by atoms with Crippen molar-refractivity contribution in [3.05, 3.63) is 0 Å². The van der Waals surface area contributed by atoms with Crippen molar-refractivity contribution < 1.29 is 19.3 Å². The minimum absolute atomic E-state index is 0.231. The zero-order valence-corrected chi connectivity index (χ0v) is 9.38. The van der Waals surface area contributed by atoms with E-state index in [1.807, 2.05) is 0 Å². The summed E-state index contributed by atoms with van der Waals surface area (Å²) in [5.74, 6) is -0.465. The average molecular weight is 232 g/mol. The Morgan fingerprint density at radius 2 is 2.25 bits per heavy atom. The van der Waals surface area contributed by atoms with Crippen LogP contribution in [0.25, 0.3) is 0 Å². The lowest BCUT2D eigenvalue weighted by molar-refractivity contribution is -0.0640. The molecule has 0 saturated heterocycles. The second-order valence-electron chi connectivity index (χ2n) is 4.57. The predicted octanol–water partition coefficient (Wildman–Crippen LogP) is -0.617. The van der Waals surface area contributed by atoms with Gasteiger partial charge in [0.1, 0.15) is 12.1 Å². The molecule has 6 heteroatoms. The van der Waals surface area contributed by atoms with Crippen LogP contribution >= 0.6 is 0 Å². The number of ether oxygens (including phenoxy) is 1. The van der Waals surface area contributed by atoms with Gasteiger partial charge in [0.05, 0.1) is 6.10 Å². The Labute approximate surface area is 93.5 Å². The molecular formula is C10H17FN2O3. The molecule has 0 amide bonds. The van der Waals surface area contributed by atoms with Crippen LogP contribution in [0.2, 0.25) is 0 Å². The van der Waals surface area contributed by atoms with Crippen LogP contribution in [0.3, 0.4) is 0 Å². The van der Waals surface area contributed by atoms with Crippen LogP contribution in [0.4, 0.5) is 4.39 Å². The SMILES string of the molecule is CN(C)C1=N[C@@H]2[C@H](F)[C@H](O)[C@@H](CO)C[C@@H]2O1. The second-order valence-corrected chi connectivity index (χ2v) is 4.57. The number of aliphatic hydroxyl groups excluding tert-OH is 2. The summed E-state index contributed by atoms with van der Waals surface area (Å²) >= 11 is 0. The molecule has 1 heterocycles. The van der Waals surface area contributed by atoms with Crippen molar-refractivity contribution in [1.29, 1.82) is 0 Å². The third-order valence-electron chi connectivity index (χ3n) is 3.18. The number of rotatable bonds is 1. The van der Waals surface area contributed by atoms with E-state index in [9.17, 15) is 9.50 Å². The molecule has 0 spiro atoms. The summed E-state index contributed by atoms with van der Waals surface area (Å²) in [6.45, 7) is -0.231. The fourth-order valence-corrected chi connectivity index (χ4v) is 2.21. The monoisotopic (exact) mass is 232 g/mol. The highest BCUT2D eigenvalue weighted by molar-refractivity contribution is 5.75. The van der Waals surface area contributed by atoms with Crippen LogP contribution in [-0.2, 0) is 4.74 Å². The van der Waals surface area contributed by atoms with Crippen LogP contribution in [0.1, 0.15) is 6.42 Å². The van der Waals surface area contributed by atoms with Crippen LogP contribution < -0.4 is 0 Å². The van der Waals surface area contributed by atoms with Crippen LogP contribution in [0, 0.1) is 5.92 Å². The number of alkyl halides is 1. The van der Waals surface area contributed by atoms with Crippen LogP contribution in [0.15, 0.2) is 4.99 Å². The van der Waals surface area contributed by atoms with Gasteiger partial charge in [-0.05, 0) is 6.42 Å². The molecule has 16 heavy (non-hydrogen) atoms. The third-order valence-corrected chi connectivity index (χ3v) is 3.18. The fourth-order valence-electron chi connectivity index (χ4n) is 2.21. The van der Waals surface area contributed by atoms with Crippen molar-refractivity contribution in [2.45, 2.75) is 30.8 Å². The molecule has 2 rings (SSSR count). The van der Waals surface area contributed by atoms with E-state index in [-0.39, 0.29) is 12.7 Å². The lowest BCUT2D eigenvalue weighted by Gasteiger charge is -2.35. The summed E-state index contributed by atoms with van der Waals surface area (Å²) in [5.41, 5.74) is 0. The van der Waals surface area contributed by atoms with Crippen molar-refractivity contribution in [3.63, 3.8) is 0 Å². The molecule has 0 radical (unpaired) electrons. The molecule has 5 atom stereocenters. The van der Waals surface area contributed by atoms with E-state index < -0.39 is 24.2 Å². The molecule has 2 N–H and O–H groups in total. The summed E-state index contributed by atoms with van der Waals surface area (Å²) in [6.07, 6.45) is -2.55. The van der Waals surface area contributed by atoms with Crippen molar-refractivity contribution in [1.82, 2.24) is 4.90 Å². The summed E-state index contributed by atoms with van der Waals surface area (Å²) in [4.78, 5) is 5.79. The Hall–Kier alpha value is -0.880. The summed E-state index contributed by atoms with van der Waals surface area (Å²) in [5, 5.41) is 18.7. The fraction of sp³-hybridized carbons (Fsp3) is 0.900. The highest BCUT2D eigenvalue weighted by Gasteiger charge is 2.49. The van der Waals surface area contributed by atoms with E-state index in [1.165, 1.54) is 0 Å². The zero-order chi connectivity index (χ0) is 11.9. The Bertz CT molecular complexity index is 298. The molecule has 0 aromatic heterocycles.